The maximum absolute atomic E-state index is 12.3. The van der Waals surface area contributed by atoms with Gasteiger partial charge in [0.1, 0.15) is 5.82 Å². The number of H-pyrrole nitrogens is 1. The molecule has 0 aliphatic heterocycles. The molecule has 4 N–H and O–H groups in total. The predicted molar refractivity (Wildman–Crippen MR) is 81.7 cm³/mol. The van der Waals surface area contributed by atoms with Crippen LogP contribution < -0.4 is 11.1 Å². The van der Waals surface area contributed by atoms with Crippen molar-refractivity contribution in [3.05, 3.63) is 53.1 Å². The zero-order chi connectivity index (χ0) is 15.1. The van der Waals surface area contributed by atoms with E-state index < -0.39 is 0 Å². The van der Waals surface area contributed by atoms with E-state index >= 15 is 0 Å². The Morgan fingerprint density at radius 3 is 3.05 bits per heavy atom. The van der Waals surface area contributed by atoms with E-state index in [2.05, 4.69) is 27.1 Å². The number of carbonyl (C=O) groups excluding carboxylic acids is 1. The van der Waals surface area contributed by atoms with Crippen LogP contribution in [0.1, 0.15) is 27.3 Å². The summed E-state index contributed by atoms with van der Waals surface area (Å²) in [6.07, 6.45) is 4.12. The van der Waals surface area contributed by atoms with Gasteiger partial charge in [-0.15, -0.1) is 0 Å². The number of benzene rings is 1. The van der Waals surface area contributed by atoms with Crippen LogP contribution in [0.4, 0.5) is 0 Å². The van der Waals surface area contributed by atoms with E-state index in [-0.39, 0.29) is 12.5 Å². The van der Waals surface area contributed by atoms with E-state index in [1.165, 1.54) is 0 Å². The van der Waals surface area contributed by atoms with Gasteiger partial charge in [0.2, 0.25) is 0 Å². The lowest BCUT2D eigenvalue weighted by molar-refractivity contribution is 0.0953. The Labute approximate surface area is 124 Å². The fourth-order valence-electron chi connectivity index (χ4n) is 1.93. The van der Waals surface area contributed by atoms with Crippen molar-refractivity contribution in [2.75, 3.05) is 13.1 Å². The third kappa shape index (κ3) is 4.20. The van der Waals surface area contributed by atoms with Crippen molar-refractivity contribution >= 4 is 5.91 Å². The molecule has 108 valence electrons. The molecule has 1 aromatic carbocycles. The summed E-state index contributed by atoms with van der Waals surface area (Å²) in [5, 5.41) is 2.88. The largest absolute Gasteiger partial charge is 0.352 e. The third-order valence-electron chi connectivity index (χ3n) is 2.95. The molecule has 0 aliphatic rings. The van der Waals surface area contributed by atoms with Crippen LogP contribution in [0.25, 0.3) is 0 Å². The SMILES string of the molecule is Cc1ccc(C#CCN)c(C(=O)NCCc2ncc[nH]2)c1. The van der Waals surface area contributed by atoms with Crippen LogP contribution in [0, 0.1) is 18.8 Å². The molecule has 2 rings (SSSR count). The second-order valence-corrected chi connectivity index (χ2v) is 4.60. The molecule has 5 heteroatoms. The van der Waals surface area contributed by atoms with E-state index in [1.54, 1.807) is 12.4 Å². The number of aromatic nitrogens is 2. The van der Waals surface area contributed by atoms with Gasteiger partial charge in [-0.25, -0.2) is 4.98 Å². The molecule has 0 saturated heterocycles. The third-order valence-corrected chi connectivity index (χ3v) is 2.95. The highest BCUT2D eigenvalue weighted by Crippen LogP contribution is 2.10. The summed E-state index contributed by atoms with van der Waals surface area (Å²) in [5.41, 5.74) is 7.68. The lowest BCUT2D eigenvalue weighted by Crippen LogP contribution is -2.26. The molecule has 21 heavy (non-hydrogen) atoms. The van der Waals surface area contributed by atoms with Gasteiger partial charge in [-0.3, -0.25) is 4.79 Å². The topological polar surface area (TPSA) is 83.8 Å². The number of nitrogens with one attached hydrogen (secondary N) is 2. The number of imidazole rings is 1. The fraction of sp³-hybridized carbons (Fsp3) is 0.250. The Bertz CT molecular complexity index is 665. The minimum absolute atomic E-state index is 0.133. The normalized spacial score (nSPS) is 9.81. The number of hydrogen-bond donors (Lipinski definition) is 3. The monoisotopic (exact) mass is 282 g/mol. The van der Waals surface area contributed by atoms with Crippen molar-refractivity contribution in [3.8, 4) is 11.8 Å². The minimum Gasteiger partial charge on any atom is -0.352 e. The fourth-order valence-corrected chi connectivity index (χ4v) is 1.93. The van der Waals surface area contributed by atoms with Gasteiger partial charge < -0.3 is 16.0 Å². The first kappa shape index (κ1) is 14.8. The van der Waals surface area contributed by atoms with Crippen LogP contribution in [0.15, 0.2) is 30.6 Å². The first-order valence-corrected chi connectivity index (χ1v) is 6.76. The van der Waals surface area contributed by atoms with Crippen LogP contribution in [0.3, 0.4) is 0 Å². The number of carbonyl (C=O) groups is 1. The van der Waals surface area contributed by atoms with Crippen LogP contribution >= 0.6 is 0 Å². The maximum Gasteiger partial charge on any atom is 0.252 e. The highest BCUT2D eigenvalue weighted by molar-refractivity contribution is 5.96. The highest BCUT2D eigenvalue weighted by atomic mass is 16.1. The van der Waals surface area contributed by atoms with E-state index in [1.807, 2.05) is 25.1 Å². The van der Waals surface area contributed by atoms with Gasteiger partial charge in [-0.1, -0.05) is 23.5 Å². The molecule has 1 aromatic heterocycles. The molecular formula is C16H18N4O. The summed E-state index contributed by atoms with van der Waals surface area (Å²) in [4.78, 5) is 19.4. The number of hydrogen-bond acceptors (Lipinski definition) is 3. The highest BCUT2D eigenvalue weighted by Gasteiger charge is 2.10. The summed E-state index contributed by atoms with van der Waals surface area (Å²) in [5.74, 6) is 6.43. The Morgan fingerprint density at radius 2 is 2.33 bits per heavy atom. The Kier molecular flexibility index (Phi) is 5.13. The van der Waals surface area contributed by atoms with Crippen molar-refractivity contribution in [2.24, 2.45) is 5.73 Å². The molecule has 0 unspecified atom stereocenters. The van der Waals surface area contributed by atoms with Crippen LogP contribution in [-0.2, 0) is 6.42 Å². The molecule has 0 spiro atoms. The molecule has 0 fully saturated rings. The molecule has 0 saturated carbocycles. The van der Waals surface area contributed by atoms with Gasteiger partial charge in [0, 0.05) is 30.9 Å². The lowest BCUT2D eigenvalue weighted by Gasteiger charge is -2.07. The lowest BCUT2D eigenvalue weighted by atomic mass is 10.0. The summed E-state index contributed by atoms with van der Waals surface area (Å²) in [6.45, 7) is 2.73. The molecule has 0 atom stereocenters. The first-order chi connectivity index (χ1) is 10.2. The number of nitrogens with two attached hydrogens (primary N) is 1. The van der Waals surface area contributed by atoms with E-state index in [4.69, 9.17) is 5.73 Å². The van der Waals surface area contributed by atoms with Gasteiger partial charge >= 0.3 is 0 Å². The molecule has 1 heterocycles. The van der Waals surface area contributed by atoms with Gasteiger partial charge in [0.15, 0.2) is 0 Å². The molecule has 0 bridgehead atoms. The van der Waals surface area contributed by atoms with Crippen molar-refractivity contribution < 1.29 is 4.79 Å². The standard InChI is InChI=1S/C16H18N4O/c1-12-4-5-13(3-2-7-17)14(11-12)16(21)20-8-6-15-18-9-10-19-15/h4-5,9-11H,6-8,17H2,1H3,(H,18,19)(H,20,21). The molecule has 5 nitrogen and oxygen atoms in total. The summed E-state index contributed by atoms with van der Waals surface area (Å²) >= 11 is 0. The van der Waals surface area contributed by atoms with E-state index in [0.717, 1.165) is 11.4 Å². The number of aromatic amines is 1. The van der Waals surface area contributed by atoms with Crippen LogP contribution in [0.2, 0.25) is 0 Å². The second-order valence-electron chi connectivity index (χ2n) is 4.60. The van der Waals surface area contributed by atoms with Crippen LogP contribution in [0.5, 0.6) is 0 Å². The molecule has 1 amide bonds. The minimum atomic E-state index is -0.133. The Morgan fingerprint density at radius 1 is 1.48 bits per heavy atom. The van der Waals surface area contributed by atoms with Crippen molar-refractivity contribution in [2.45, 2.75) is 13.3 Å². The molecule has 0 radical (unpaired) electrons. The quantitative estimate of drug-likeness (QED) is 0.732. The van der Waals surface area contributed by atoms with Crippen LogP contribution in [-0.4, -0.2) is 29.0 Å². The summed E-state index contributed by atoms with van der Waals surface area (Å²) < 4.78 is 0. The number of aryl methyl sites for hydroxylation is 1. The Balaban J connectivity index is 2.05. The summed E-state index contributed by atoms with van der Waals surface area (Å²) in [6, 6.07) is 5.61. The number of nitrogens with zero attached hydrogens (tertiary/aromatic N) is 1. The Hall–Kier alpha value is -2.58. The van der Waals surface area contributed by atoms with Crippen molar-refractivity contribution in [1.29, 1.82) is 0 Å². The summed E-state index contributed by atoms with van der Waals surface area (Å²) in [7, 11) is 0. The van der Waals surface area contributed by atoms with Crippen molar-refractivity contribution in [3.63, 3.8) is 0 Å². The molecular weight excluding hydrogens is 264 g/mol. The van der Waals surface area contributed by atoms with E-state index in [0.29, 0.717) is 24.1 Å². The predicted octanol–water partition coefficient (Wildman–Crippen LogP) is 1.00. The average Bonchev–Trinajstić information content (AvgIpc) is 2.99. The van der Waals surface area contributed by atoms with Gasteiger partial charge in [0.25, 0.3) is 5.91 Å². The van der Waals surface area contributed by atoms with Gasteiger partial charge in [-0.05, 0) is 19.1 Å². The molecule has 2 aromatic rings. The molecule has 0 aliphatic carbocycles. The second kappa shape index (κ2) is 7.27. The van der Waals surface area contributed by atoms with E-state index in [9.17, 15) is 4.79 Å². The smallest absolute Gasteiger partial charge is 0.252 e. The van der Waals surface area contributed by atoms with Gasteiger partial charge in [0.05, 0.1) is 12.1 Å². The zero-order valence-electron chi connectivity index (χ0n) is 11.9. The number of amides is 1. The van der Waals surface area contributed by atoms with Crippen molar-refractivity contribution in [1.82, 2.24) is 15.3 Å². The average molecular weight is 282 g/mol. The van der Waals surface area contributed by atoms with Gasteiger partial charge in [-0.2, -0.15) is 0 Å². The zero-order valence-corrected chi connectivity index (χ0v) is 11.9. The number of rotatable bonds is 4. The maximum atomic E-state index is 12.3. The first-order valence-electron chi connectivity index (χ1n) is 6.76.